The van der Waals surface area contributed by atoms with E-state index in [9.17, 15) is 9.90 Å². The van der Waals surface area contributed by atoms with Crippen LogP contribution in [-0.2, 0) is 0 Å². The average molecular weight is 283 g/mol. The van der Waals surface area contributed by atoms with Gasteiger partial charge in [-0.15, -0.1) is 0 Å². The molecular weight excluding hydrogens is 264 g/mol. The van der Waals surface area contributed by atoms with Gasteiger partial charge in [-0.05, 0) is 45.2 Å². The second-order valence-electron chi connectivity index (χ2n) is 5.24. The summed E-state index contributed by atoms with van der Waals surface area (Å²) in [7, 11) is 0. The lowest BCUT2D eigenvalue weighted by Gasteiger charge is -2.42. The summed E-state index contributed by atoms with van der Waals surface area (Å²) in [6.45, 7) is 4.21. The summed E-state index contributed by atoms with van der Waals surface area (Å²) in [6.07, 6.45) is 3.25. The number of rotatable bonds is 2. The van der Waals surface area contributed by atoms with Crippen molar-refractivity contribution in [3.05, 3.63) is 22.7 Å². The molecule has 1 aliphatic rings. The molecule has 1 saturated heterocycles. The molecule has 0 amide bonds. The van der Waals surface area contributed by atoms with Gasteiger partial charge in [0, 0.05) is 17.8 Å². The SMILES string of the molecule is CC1CCCC(C)N1c1c(Cl)cc(N)cc1C(=O)O. The van der Waals surface area contributed by atoms with Crippen molar-refractivity contribution in [2.75, 3.05) is 10.6 Å². The molecule has 0 bridgehead atoms. The number of hydrogen-bond donors (Lipinski definition) is 2. The van der Waals surface area contributed by atoms with Gasteiger partial charge < -0.3 is 15.7 Å². The predicted octanol–water partition coefficient (Wildman–Crippen LogP) is 3.39. The Morgan fingerprint density at radius 3 is 2.47 bits per heavy atom. The van der Waals surface area contributed by atoms with E-state index in [2.05, 4.69) is 18.7 Å². The van der Waals surface area contributed by atoms with E-state index in [0.717, 1.165) is 19.3 Å². The average Bonchev–Trinajstić information content (AvgIpc) is 2.30. The Kier molecular flexibility index (Phi) is 3.90. The number of benzene rings is 1. The van der Waals surface area contributed by atoms with Crippen LogP contribution in [0.15, 0.2) is 12.1 Å². The third kappa shape index (κ3) is 2.63. The van der Waals surface area contributed by atoms with Crippen molar-refractivity contribution >= 4 is 28.9 Å². The summed E-state index contributed by atoms with van der Waals surface area (Å²) in [4.78, 5) is 13.6. The summed E-state index contributed by atoms with van der Waals surface area (Å²) >= 11 is 6.26. The van der Waals surface area contributed by atoms with E-state index in [0.29, 0.717) is 16.4 Å². The third-order valence-corrected chi connectivity index (χ3v) is 4.06. The van der Waals surface area contributed by atoms with Crippen LogP contribution in [0.4, 0.5) is 11.4 Å². The lowest BCUT2D eigenvalue weighted by Crippen LogP contribution is -2.44. The number of nitrogens with two attached hydrogens (primary N) is 1. The van der Waals surface area contributed by atoms with Crippen LogP contribution in [0.2, 0.25) is 5.02 Å². The largest absolute Gasteiger partial charge is 0.478 e. The van der Waals surface area contributed by atoms with E-state index >= 15 is 0 Å². The van der Waals surface area contributed by atoms with Crippen LogP contribution < -0.4 is 10.6 Å². The normalized spacial score (nSPS) is 23.4. The number of hydrogen-bond acceptors (Lipinski definition) is 3. The highest BCUT2D eigenvalue weighted by Crippen LogP contribution is 2.38. The van der Waals surface area contributed by atoms with Crippen molar-refractivity contribution in [3.63, 3.8) is 0 Å². The van der Waals surface area contributed by atoms with Gasteiger partial charge in [0.25, 0.3) is 0 Å². The second-order valence-corrected chi connectivity index (χ2v) is 5.65. The molecule has 1 heterocycles. The zero-order chi connectivity index (χ0) is 14.2. The Hall–Kier alpha value is -1.42. The van der Waals surface area contributed by atoms with Gasteiger partial charge in [-0.1, -0.05) is 11.6 Å². The fourth-order valence-corrected chi connectivity index (χ4v) is 3.23. The lowest BCUT2D eigenvalue weighted by atomic mass is 9.95. The first-order valence-electron chi connectivity index (χ1n) is 6.52. The third-order valence-electron chi connectivity index (χ3n) is 3.77. The van der Waals surface area contributed by atoms with Gasteiger partial charge in [0.1, 0.15) is 0 Å². The predicted molar refractivity (Wildman–Crippen MR) is 78.1 cm³/mol. The first kappa shape index (κ1) is 14.0. The van der Waals surface area contributed by atoms with Crippen LogP contribution in [0.1, 0.15) is 43.5 Å². The zero-order valence-corrected chi connectivity index (χ0v) is 11.9. The van der Waals surface area contributed by atoms with Crippen LogP contribution in [0.25, 0.3) is 0 Å². The number of nitrogens with zero attached hydrogens (tertiary/aromatic N) is 1. The van der Waals surface area contributed by atoms with E-state index in [1.807, 2.05) is 0 Å². The van der Waals surface area contributed by atoms with Gasteiger partial charge in [-0.25, -0.2) is 4.79 Å². The summed E-state index contributed by atoms with van der Waals surface area (Å²) in [5, 5.41) is 9.79. The van der Waals surface area contributed by atoms with Crippen LogP contribution in [0.5, 0.6) is 0 Å². The number of nitrogen functional groups attached to an aromatic ring is 1. The van der Waals surface area contributed by atoms with E-state index in [4.69, 9.17) is 17.3 Å². The standard InChI is InChI=1S/C14H19ClN2O2/c1-8-4-3-5-9(2)17(8)13-11(14(18)19)6-10(16)7-12(13)15/h6-9H,3-5,16H2,1-2H3,(H,18,19). The number of carbonyl (C=O) groups is 1. The Balaban J connectivity index is 2.56. The van der Waals surface area contributed by atoms with Crippen molar-refractivity contribution in [1.29, 1.82) is 0 Å². The Bertz CT molecular complexity index is 494. The lowest BCUT2D eigenvalue weighted by molar-refractivity contribution is 0.0697. The molecule has 2 rings (SSSR count). The van der Waals surface area contributed by atoms with Gasteiger partial charge in [0.2, 0.25) is 0 Å². The molecule has 1 fully saturated rings. The fraction of sp³-hybridized carbons (Fsp3) is 0.500. The molecule has 104 valence electrons. The van der Waals surface area contributed by atoms with Gasteiger partial charge in [-0.2, -0.15) is 0 Å². The van der Waals surface area contributed by atoms with Gasteiger partial charge >= 0.3 is 5.97 Å². The van der Waals surface area contributed by atoms with Gasteiger partial charge in [-0.3, -0.25) is 0 Å². The minimum Gasteiger partial charge on any atom is -0.478 e. The molecule has 0 aliphatic carbocycles. The molecule has 4 nitrogen and oxygen atoms in total. The summed E-state index contributed by atoms with van der Waals surface area (Å²) in [6, 6.07) is 3.67. The van der Waals surface area contributed by atoms with Crippen LogP contribution in [0, 0.1) is 0 Å². The minimum absolute atomic E-state index is 0.186. The van der Waals surface area contributed by atoms with Crippen LogP contribution >= 0.6 is 11.6 Å². The monoisotopic (exact) mass is 282 g/mol. The number of piperidine rings is 1. The molecule has 0 spiro atoms. The molecule has 5 heteroatoms. The van der Waals surface area contributed by atoms with Crippen molar-refractivity contribution in [1.82, 2.24) is 0 Å². The Morgan fingerprint density at radius 2 is 1.95 bits per heavy atom. The second kappa shape index (κ2) is 5.29. The van der Waals surface area contributed by atoms with Crippen LogP contribution in [-0.4, -0.2) is 23.2 Å². The fourth-order valence-electron chi connectivity index (χ4n) is 2.91. The van der Waals surface area contributed by atoms with Crippen LogP contribution in [0.3, 0.4) is 0 Å². The van der Waals surface area contributed by atoms with Crippen molar-refractivity contribution in [3.8, 4) is 0 Å². The van der Waals surface area contributed by atoms with Crippen molar-refractivity contribution in [2.24, 2.45) is 0 Å². The highest BCUT2D eigenvalue weighted by atomic mass is 35.5. The maximum atomic E-state index is 11.4. The summed E-state index contributed by atoms with van der Waals surface area (Å²) in [5.74, 6) is -0.992. The maximum Gasteiger partial charge on any atom is 0.337 e. The Labute approximate surface area is 118 Å². The molecular formula is C14H19ClN2O2. The maximum absolute atomic E-state index is 11.4. The van der Waals surface area contributed by atoms with Gasteiger partial charge in [0.15, 0.2) is 0 Å². The molecule has 19 heavy (non-hydrogen) atoms. The van der Waals surface area contributed by atoms with E-state index < -0.39 is 5.97 Å². The van der Waals surface area contributed by atoms with E-state index in [1.165, 1.54) is 6.07 Å². The van der Waals surface area contributed by atoms with Gasteiger partial charge in [0.05, 0.1) is 16.3 Å². The van der Waals surface area contributed by atoms with Crippen molar-refractivity contribution in [2.45, 2.75) is 45.2 Å². The Morgan fingerprint density at radius 1 is 1.37 bits per heavy atom. The molecule has 1 aromatic rings. The molecule has 3 N–H and O–H groups in total. The first-order valence-corrected chi connectivity index (χ1v) is 6.90. The minimum atomic E-state index is -0.992. The highest BCUT2D eigenvalue weighted by Gasteiger charge is 2.30. The number of anilines is 2. The molecule has 0 radical (unpaired) electrons. The highest BCUT2D eigenvalue weighted by molar-refractivity contribution is 6.34. The number of halogens is 1. The molecule has 2 atom stereocenters. The van der Waals surface area contributed by atoms with E-state index in [1.54, 1.807) is 6.07 Å². The molecule has 1 aliphatic heterocycles. The quantitative estimate of drug-likeness (QED) is 0.816. The zero-order valence-electron chi connectivity index (χ0n) is 11.2. The number of carboxylic acids is 1. The van der Waals surface area contributed by atoms with Crippen molar-refractivity contribution < 1.29 is 9.90 Å². The summed E-state index contributed by atoms with van der Waals surface area (Å²) in [5.41, 5.74) is 6.86. The molecule has 0 aromatic heterocycles. The topological polar surface area (TPSA) is 66.6 Å². The number of carboxylic acid groups (broad SMARTS) is 1. The first-order chi connectivity index (χ1) is 8.91. The molecule has 2 unspecified atom stereocenters. The van der Waals surface area contributed by atoms with E-state index in [-0.39, 0.29) is 17.6 Å². The molecule has 1 aromatic carbocycles. The molecule has 0 saturated carbocycles. The number of aromatic carboxylic acids is 1. The summed E-state index contributed by atoms with van der Waals surface area (Å²) < 4.78 is 0. The smallest absolute Gasteiger partial charge is 0.337 e.